The second-order valence-electron chi connectivity index (χ2n) is 10.2. The first-order valence-electron chi connectivity index (χ1n) is 12.0. The average Bonchev–Trinajstić information content (AvgIpc) is 3.23. The molecule has 3 N–H and O–H groups in total. The number of nitrogens with zero attached hydrogens (tertiary/aromatic N) is 2. The maximum absolute atomic E-state index is 13.0. The highest BCUT2D eigenvalue weighted by Gasteiger charge is 2.55. The number of anilines is 1. The third kappa shape index (κ3) is 4.65. The smallest absolute Gasteiger partial charge is 0.252 e. The van der Waals surface area contributed by atoms with Crippen molar-refractivity contribution in [1.82, 2.24) is 9.47 Å². The maximum atomic E-state index is 13.0. The average molecular weight is 450 g/mol. The van der Waals surface area contributed by atoms with Crippen molar-refractivity contribution in [3.05, 3.63) is 27.6 Å². The number of likely N-dealkylation sites (tertiary alicyclic amines) is 1. The Bertz CT molecular complexity index is 858. The summed E-state index contributed by atoms with van der Waals surface area (Å²) in [5, 5.41) is 12.1. The van der Waals surface area contributed by atoms with Crippen molar-refractivity contribution < 1.29 is 9.90 Å². The molecule has 1 aromatic heterocycles. The van der Waals surface area contributed by atoms with E-state index in [9.17, 15) is 14.7 Å². The molecule has 4 rings (SSSR count). The summed E-state index contributed by atoms with van der Waals surface area (Å²) in [7, 11) is 0. The fourth-order valence-corrected chi connectivity index (χ4v) is 6.39. The Morgan fingerprint density at radius 3 is 2.58 bits per heavy atom. The van der Waals surface area contributed by atoms with E-state index in [0.29, 0.717) is 37.5 Å². The van der Waals surface area contributed by atoms with Gasteiger partial charge in [-0.1, -0.05) is 56.5 Å². The Hall–Kier alpha value is -1.53. The number of nitrogens with two attached hydrogens (primary N) is 1. The first kappa shape index (κ1) is 22.7. The van der Waals surface area contributed by atoms with E-state index in [4.69, 9.17) is 17.3 Å². The molecule has 2 saturated carbocycles. The minimum Gasteiger partial charge on any atom is -0.396 e. The van der Waals surface area contributed by atoms with Crippen molar-refractivity contribution in [2.75, 3.05) is 18.8 Å². The Labute approximate surface area is 189 Å². The van der Waals surface area contributed by atoms with E-state index in [2.05, 4.69) is 0 Å². The first-order valence-corrected chi connectivity index (χ1v) is 12.4. The van der Waals surface area contributed by atoms with Gasteiger partial charge in [0.1, 0.15) is 0 Å². The zero-order valence-corrected chi connectivity index (χ0v) is 19.2. The maximum Gasteiger partial charge on any atom is 0.252 e. The lowest BCUT2D eigenvalue weighted by Gasteiger charge is -2.52. The van der Waals surface area contributed by atoms with Gasteiger partial charge in [-0.15, -0.1) is 0 Å². The van der Waals surface area contributed by atoms with E-state index in [1.165, 1.54) is 48.9 Å². The molecule has 1 atom stereocenters. The van der Waals surface area contributed by atoms with Gasteiger partial charge in [0.25, 0.3) is 5.56 Å². The summed E-state index contributed by atoms with van der Waals surface area (Å²) in [6, 6.07) is 1.31. The van der Waals surface area contributed by atoms with Crippen LogP contribution >= 0.6 is 11.6 Å². The quantitative estimate of drug-likeness (QED) is 0.711. The van der Waals surface area contributed by atoms with Crippen molar-refractivity contribution in [2.45, 2.75) is 89.2 Å². The summed E-state index contributed by atoms with van der Waals surface area (Å²) < 4.78 is 1.49. The van der Waals surface area contributed by atoms with E-state index < -0.39 is 5.60 Å². The van der Waals surface area contributed by atoms with Crippen molar-refractivity contribution in [2.24, 2.45) is 11.3 Å². The minimum atomic E-state index is -1.03. The first-order chi connectivity index (χ1) is 14.8. The number of hydrogen-bond donors (Lipinski definition) is 2. The molecule has 3 aliphatic rings. The summed E-state index contributed by atoms with van der Waals surface area (Å²) in [6.45, 7) is 1.32. The zero-order chi connectivity index (χ0) is 22.1. The fourth-order valence-electron chi connectivity index (χ4n) is 6.25. The van der Waals surface area contributed by atoms with Crippen molar-refractivity contribution in [3.8, 4) is 0 Å². The summed E-state index contributed by atoms with van der Waals surface area (Å²) >= 11 is 5.98. The number of halogens is 1. The number of pyridine rings is 1. The van der Waals surface area contributed by atoms with E-state index in [0.717, 1.165) is 32.1 Å². The molecular weight excluding hydrogens is 414 g/mol. The van der Waals surface area contributed by atoms with Crippen LogP contribution in [0.1, 0.15) is 77.0 Å². The van der Waals surface area contributed by atoms with Gasteiger partial charge in [-0.3, -0.25) is 9.59 Å². The van der Waals surface area contributed by atoms with Crippen LogP contribution in [0, 0.1) is 11.3 Å². The lowest BCUT2D eigenvalue weighted by molar-refractivity contribution is -0.160. The highest BCUT2D eigenvalue weighted by Crippen LogP contribution is 2.51. The molecule has 172 valence electrons. The molecule has 1 spiro atoms. The SMILES string of the molecule is Nc1cn(CC2(O)CCN(C(=O)CCC3CCCCC3)CC23CCCC3)c(=O)cc1Cl. The molecular formula is C24H36ClN3O3. The van der Waals surface area contributed by atoms with Crippen LogP contribution < -0.4 is 11.3 Å². The summed E-state index contributed by atoms with van der Waals surface area (Å²) in [6.07, 6.45) is 13.9. The van der Waals surface area contributed by atoms with Crippen molar-refractivity contribution in [3.63, 3.8) is 0 Å². The van der Waals surface area contributed by atoms with Gasteiger partial charge < -0.3 is 20.3 Å². The molecule has 0 aromatic carbocycles. The second-order valence-corrected chi connectivity index (χ2v) is 10.6. The van der Waals surface area contributed by atoms with Crippen LogP contribution in [-0.4, -0.2) is 39.2 Å². The number of nitrogen functional groups attached to an aromatic ring is 1. The third-order valence-electron chi connectivity index (χ3n) is 8.22. The predicted octanol–water partition coefficient (Wildman–Crippen LogP) is 3.97. The minimum absolute atomic E-state index is 0.192. The molecule has 2 aliphatic carbocycles. The van der Waals surface area contributed by atoms with Crippen LogP contribution in [0.4, 0.5) is 5.69 Å². The molecule has 1 unspecified atom stereocenters. The van der Waals surface area contributed by atoms with Crippen LogP contribution in [0.3, 0.4) is 0 Å². The Balaban J connectivity index is 1.47. The molecule has 1 aromatic rings. The van der Waals surface area contributed by atoms with Crippen LogP contribution in [-0.2, 0) is 11.3 Å². The monoisotopic (exact) mass is 449 g/mol. The highest BCUT2D eigenvalue weighted by molar-refractivity contribution is 6.32. The normalized spacial score (nSPS) is 26.5. The molecule has 1 aliphatic heterocycles. The predicted molar refractivity (Wildman–Crippen MR) is 123 cm³/mol. The Morgan fingerprint density at radius 1 is 1.16 bits per heavy atom. The number of rotatable bonds is 5. The molecule has 0 bridgehead atoms. The van der Waals surface area contributed by atoms with Crippen LogP contribution in [0.2, 0.25) is 5.02 Å². The summed E-state index contributed by atoms with van der Waals surface area (Å²) in [5.74, 6) is 0.925. The van der Waals surface area contributed by atoms with E-state index in [1.807, 2.05) is 4.90 Å². The summed E-state index contributed by atoms with van der Waals surface area (Å²) in [4.78, 5) is 27.5. The zero-order valence-electron chi connectivity index (χ0n) is 18.5. The number of piperidine rings is 1. The molecule has 3 fully saturated rings. The number of carbonyl (C=O) groups is 1. The lowest BCUT2D eigenvalue weighted by atomic mass is 9.65. The van der Waals surface area contributed by atoms with Crippen LogP contribution in [0.5, 0.6) is 0 Å². The van der Waals surface area contributed by atoms with Gasteiger partial charge in [0, 0.05) is 37.2 Å². The lowest BCUT2D eigenvalue weighted by Crippen LogP contribution is -2.62. The van der Waals surface area contributed by atoms with E-state index in [1.54, 1.807) is 0 Å². The van der Waals surface area contributed by atoms with Gasteiger partial charge >= 0.3 is 0 Å². The molecule has 1 saturated heterocycles. The topological polar surface area (TPSA) is 88.6 Å². The number of amides is 1. The number of aliphatic hydroxyl groups is 1. The van der Waals surface area contributed by atoms with Gasteiger partial charge in [0.15, 0.2) is 0 Å². The van der Waals surface area contributed by atoms with Gasteiger partial charge in [-0.2, -0.15) is 0 Å². The third-order valence-corrected chi connectivity index (χ3v) is 8.54. The number of hydrogen-bond acceptors (Lipinski definition) is 4. The van der Waals surface area contributed by atoms with Gasteiger partial charge in [0.2, 0.25) is 5.91 Å². The van der Waals surface area contributed by atoms with Gasteiger partial charge in [-0.05, 0) is 31.6 Å². The number of aromatic nitrogens is 1. The number of carbonyl (C=O) groups excluding carboxylic acids is 1. The Morgan fingerprint density at radius 2 is 1.87 bits per heavy atom. The highest BCUT2D eigenvalue weighted by atomic mass is 35.5. The van der Waals surface area contributed by atoms with Gasteiger partial charge in [0.05, 0.1) is 22.9 Å². The van der Waals surface area contributed by atoms with E-state index >= 15 is 0 Å². The standard InChI is InChI=1S/C24H36ClN3O3/c25-19-14-22(30)28(15-20(19)26)17-24(31)12-13-27(16-23(24)10-4-5-11-23)21(29)9-8-18-6-2-1-3-7-18/h14-15,18,31H,1-13,16-17,26H2. The second kappa shape index (κ2) is 9.14. The van der Waals surface area contributed by atoms with Crippen LogP contribution in [0.25, 0.3) is 0 Å². The largest absolute Gasteiger partial charge is 0.396 e. The van der Waals surface area contributed by atoms with E-state index in [-0.39, 0.29) is 28.4 Å². The van der Waals surface area contributed by atoms with Gasteiger partial charge in [-0.25, -0.2) is 0 Å². The van der Waals surface area contributed by atoms with Crippen molar-refractivity contribution >= 4 is 23.2 Å². The Kier molecular flexibility index (Phi) is 6.68. The fraction of sp³-hybridized carbons (Fsp3) is 0.750. The van der Waals surface area contributed by atoms with Crippen LogP contribution in [0.15, 0.2) is 17.1 Å². The molecule has 0 radical (unpaired) electrons. The molecule has 1 amide bonds. The molecule has 7 heteroatoms. The van der Waals surface area contributed by atoms with Crippen molar-refractivity contribution in [1.29, 1.82) is 0 Å². The molecule has 6 nitrogen and oxygen atoms in total. The molecule has 2 heterocycles. The summed E-state index contributed by atoms with van der Waals surface area (Å²) in [5.41, 5.74) is 4.59. The molecule has 31 heavy (non-hydrogen) atoms.